The van der Waals surface area contributed by atoms with Gasteiger partial charge in [0.15, 0.2) is 0 Å². The molecule has 0 aliphatic carbocycles. The smallest absolute Gasteiger partial charge is 0.224 e. The number of benzene rings is 1. The van der Waals surface area contributed by atoms with Crippen LogP contribution in [0.1, 0.15) is 36.5 Å². The molecular formula is C19H26N2O4S. The Labute approximate surface area is 154 Å². The van der Waals surface area contributed by atoms with Crippen molar-refractivity contribution in [3.63, 3.8) is 0 Å². The largest absolute Gasteiger partial charge is 0.464 e. The summed E-state index contributed by atoms with van der Waals surface area (Å²) in [5.41, 5.74) is 4.02. The molecule has 1 fully saturated rings. The fraction of sp³-hybridized carbons (Fsp3) is 0.526. The van der Waals surface area contributed by atoms with Crippen LogP contribution in [0.3, 0.4) is 0 Å². The topological polar surface area (TPSA) is 79.6 Å². The zero-order chi connectivity index (χ0) is 18.9. The summed E-state index contributed by atoms with van der Waals surface area (Å²) in [5.74, 6) is 0.0685. The number of hydrogen-bond donors (Lipinski definition) is 1. The zero-order valence-electron chi connectivity index (χ0n) is 15.5. The second-order valence-electron chi connectivity index (χ2n) is 7.01. The first kappa shape index (κ1) is 18.9. The number of furan rings is 1. The molecule has 1 aliphatic heterocycles. The Kier molecular flexibility index (Phi) is 5.39. The van der Waals surface area contributed by atoms with Gasteiger partial charge >= 0.3 is 0 Å². The van der Waals surface area contributed by atoms with Gasteiger partial charge in [0.25, 0.3) is 0 Å². The molecule has 6 nitrogen and oxygen atoms in total. The summed E-state index contributed by atoms with van der Waals surface area (Å²) in [6.07, 6.45) is 3.22. The summed E-state index contributed by atoms with van der Waals surface area (Å²) in [7, 11) is -3.14. The first-order valence-electron chi connectivity index (χ1n) is 9.04. The number of carbonyl (C=O) groups is 1. The van der Waals surface area contributed by atoms with Crippen LogP contribution in [-0.4, -0.2) is 43.5 Å². The number of fused-ring (bicyclic) bond motifs is 1. The third-order valence-electron chi connectivity index (χ3n) is 5.20. The molecule has 26 heavy (non-hydrogen) atoms. The van der Waals surface area contributed by atoms with E-state index in [1.807, 2.05) is 19.9 Å². The second kappa shape index (κ2) is 7.40. The Morgan fingerprint density at radius 3 is 2.54 bits per heavy atom. The normalized spacial score (nSPS) is 16.9. The molecule has 3 rings (SSSR count). The van der Waals surface area contributed by atoms with Gasteiger partial charge in [-0.1, -0.05) is 0 Å². The lowest BCUT2D eigenvalue weighted by Gasteiger charge is -2.31. The minimum atomic E-state index is -3.14. The maximum Gasteiger partial charge on any atom is 0.224 e. The van der Waals surface area contributed by atoms with Crippen molar-refractivity contribution in [2.75, 3.05) is 18.8 Å². The van der Waals surface area contributed by atoms with E-state index in [4.69, 9.17) is 4.42 Å². The Morgan fingerprint density at radius 2 is 1.88 bits per heavy atom. The molecule has 1 aromatic carbocycles. The van der Waals surface area contributed by atoms with Crippen molar-refractivity contribution < 1.29 is 17.6 Å². The molecule has 0 saturated carbocycles. The second-order valence-corrected chi connectivity index (χ2v) is 9.27. The van der Waals surface area contributed by atoms with Crippen LogP contribution in [-0.2, 0) is 21.2 Å². The maximum absolute atomic E-state index is 12.4. The fourth-order valence-corrected chi connectivity index (χ4v) is 4.52. The van der Waals surface area contributed by atoms with E-state index in [0.29, 0.717) is 25.9 Å². The molecule has 1 N–H and O–H groups in total. The molecule has 142 valence electrons. The van der Waals surface area contributed by atoms with Crippen LogP contribution in [0, 0.1) is 13.8 Å². The average molecular weight is 378 g/mol. The number of nitrogens with zero attached hydrogens (tertiary/aromatic N) is 1. The van der Waals surface area contributed by atoms with Crippen LogP contribution in [0.15, 0.2) is 22.8 Å². The fourth-order valence-electron chi connectivity index (χ4n) is 3.39. The Hall–Kier alpha value is -1.86. The molecular weight excluding hydrogens is 352 g/mol. The van der Waals surface area contributed by atoms with Gasteiger partial charge in [-0.15, -0.1) is 0 Å². The lowest BCUT2D eigenvalue weighted by Crippen LogP contribution is -2.47. The van der Waals surface area contributed by atoms with E-state index in [0.717, 1.165) is 22.1 Å². The van der Waals surface area contributed by atoms with Crippen molar-refractivity contribution in [2.45, 2.75) is 46.1 Å². The van der Waals surface area contributed by atoms with E-state index in [-0.39, 0.29) is 24.1 Å². The SMILES string of the molecule is CCS(=O)(=O)N1CCC(NC(=O)Cc2coc3cc(C)c(C)cc23)CC1. The lowest BCUT2D eigenvalue weighted by molar-refractivity contribution is -0.121. The number of aryl methyl sites for hydroxylation is 2. The van der Waals surface area contributed by atoms with Gasteiger partial charge < -0.3 is 9.73 Å². The van der Waals surface area contributed by atoms with Gasteiger partial charge in [0.2, 0.25) is 15.9 Å². The summed E-state index contributed by atoms with van der Waals surface area (Å²) in [6.45, 7) is 6.67. The van der Waals surface area contributed by atoms with Gasteiger partial charge in [0.05, 0.1) is 18.4 Å². The highest BCUT2D eigenvalue weighted by molar-refractivity contribution is 7.89. The number of sulfonamides is 1. The van der Waals surface area contributed by atoms with Crippen LogP contribution in [0.5, 0.6) is 0 Å². The van der Waals surface area contributed by atoms with Gasteiger partial charge in [-0.2, -0.15) is 0 Å². The van der Waals surface area contributed by atoms with Crippen molar-refractivity contribution >= 4 is 26.9 Å². The molecule has 0 spiro atoms. The number of amides is 1. The number of rotatable bonds is 5. The van der Waals surface area contributed by atoms with Crippen LogP contribution in [0.25, 0.3) is 11.0 Å². The first-order valence-corrected chi connectivity index (χ1v) is 10.7. The van der Waals surface area contributed by atoms with Crippen molar-refractivity contribution in [3.8, 4) is 0 Å². The minimum absolute atomic E-state index is 0.0213. The van der Waals surface area contributed by atoms with Crippen LogP contribution in [0.2, 0.25) is 0 Å². The summed E-state index contributed by atoms with van der Waals surface area (Å²) in [6, 6.07) is 4.08. The summed E-state index contributed by atoms with van der Waals surface area (Å²) < 4.78 is 30.9. The van der Waals surface area contributed by atoms with E-state index >= 15 is 0 Å². The molecule has 1 amide bonds. The van der Waals surface area contributed by atoms with E-state index in [2.05, 4.69) is 11.4 Å². The van der Waals surface area contributed by atoms with Gasteiger partial charge in [-0.25, -0.2) is 12.7 Å². The molecule has 0 bridgehead atoms. The zero-order valence-corrected chi connectivity index (χ0v) is 16.4. The monoisotopic (exact) mass is 378 g/mol. The molecule has 0 atom stereocenters. The summed E-state index contributed by atoms with van der Waals surface area (Å²) in [5, 5.41) is 4.01. The average Bonchev–Trinajstić information content (AvgIpc) is 2.97. The van der Waals surface area contributed by atoms with E-state index < -0.39 is 10.0 Å². The quantitative estimate of drug-likeness (QED) is 0.867. The molecule has 1 aromatic heterocycles. The van der Waals surface area contributed by atoms with Crippen molar-refractivity contribution in [1.82, 2.24) is 9.62 Å². The lowest BCUT2D eigenvalue weighted by atomic mass is 10.0. The first-order chi connectivity index (χ1) is 12.3. The number of nitrogens with one attached hydrogen (secondary N) is 1. The molecule has 7 heteroatoms. The van der Waals surface area contributed by atoms with Gasteiger partial charge in [0, 0.05) is 30.1 Å². The third-order valence-corrected chi connectivity index (χ3v) is 7.08. The summed E-state index contributed by atoms with van der Waals surface area (Å²) in [4.78, 5) is 12.4. The Morgan fingerprint density at radius 1 is 1.23 bits per heavy atom. The van der Waals surface area contributed by atoms with Crippen LogP contribution >= 0.6 is 0 Å². The van der Waals surface area contributed by atoms with E-state index in [1.165, 1.54) is 9.87 Å². The Balaban J connectivity index is 1.60. The standard InChI is InChI=1S/C19H26N2O4S/c1-4-26(23,24)21-7-5-16(6-8-21)20-19(22)11-15-12-25-18-10-14(3)13(2)9-17(15)18/h9-10,12,16H,4-8,11H2,1-3H3,(H,20,22). The molecule has 0 unspecified atom stereocenters. The molecule has 2 aromatic rings. The van der Waals surface area contributed by atoms with Gasteiger partial charge in [-0.05, 0) is 56.9 Å². The molecule has 2 heterocycles. The maximum atomic E-state index is 12.4. The summed E-state index contributed by atoms with van der Waals surface area (Å²) >= 11 is 0. The molecule has 0 radical (unpaired) electrons. The Bertz CT molecular complexity index is 909. The highest BCUT2D eigenvalue weighted by Crippen LogP contribution is 2.25. The van der Waals surface area contributed by atoms with Crippen molar-refractivity contribution in [1.29, 1.82) is 0 Å². The highest BCUT2D eigenvalue weighted by atomic mass is 32.2. The predicted molar refractivity (Wildman–Crippen MR) is 102 cm³/mol. The molecule has 1 saturated heterocycles. The van der Waals surface area contributed by atoms with Crippen molar-refractivity contribution in [3.05, 3.63) is 35.1 Å². The predicted octanol–water partition coefficient (Wildman–Crippen LogP) is 2.52. The third kappa shape index (κ3) is 3.94. The highest BCUT2D eigenvalue weighted by Gasteiger charge is 2.27. The van der Waals surface area contributed by atoms with Gasteiger partial charge in [-0.3, -0.25) is 4.79 Å². The van der Waals surface area contributed by atoms with Gasteiger partial charge in [0.1, 0.15) is 5.58 Å². The molecule has 1 aliphatic rings. The number of piperidine rings is 1. The minimum Gasteiger partial charge on any atom is -0.464 e. The van der Waals surface area contributed by atoms with Crippen LogP contribution in [0.4, 0.5) is 0 Å². The van der Waals surface area contributed by atoms with E-state index in [9.17, 15) is 13.2 Å². The van der Waals surface area contributed by atoms with E-state index in [1.54, 1.807) is 13.2 Å². The number of hydrogen-bond acceptors (Lipinski definition) is 4. The number of carbonyl (C=O) groups excluding carboxylic acids is 1. The van der Waals surface area contributed by atoms with Crippen molar-refractivity contribution in [2.24, 2.45) is 0 Å². The van der Waals surface area contributed by atoms with Crippen LogP contribution < -0.4 is 5.32 Å².